The minimum Gasteiger partial charge on any atom is -0.461 e. The lowest BCUT2D eigenvalue weighted by Gasteiger charge is -2.09. The van der Waals surface area contributed by atoms with Gasteiger partial charge in [-0.3, -0.25) is 4.79 Å². The molecular formula is C20H17NO6. The van der Waals surface area contributed by atoms with Gasteiger partial charge in [0.15, 0.2) is 5.75 Å². The average molecular weight is 367 g/mol. The van der Waals surface area contributed by atoms with Gasteiger partial charge in [0.25, 0.3) is 0 Å². The van der Waals surface area contributed by atoms with Crippen molar-refractivity contribution in [2.24, 2.45) is 0 Å². The molecule has 7 nitrogen and oxygen atoms in total. The molecule has 0 bridgehead atoms. The third-order valence-corrected chi connectivity index (χ3v) is 3.82. The molecule has 2 aromatic carbocycles. The quantitative estimate of drug-likeness (QED) is 0.420. The van der Waals surface area contributed by atoms with Gasteiger partial charge in [-0.05, 0) is 35.9 Å². The van der Waals surface area contributed by atoms with Crippen LogP contribution >= 0.6 is 0 Å². The van der Waals surface area contributed by atoms with Crippen LogP contribution in [0.1, 0.15) is 22.8 Å². The number of carbonyl (C=O) groups is 2. The van der Waals surface area contributed by atoms with E-state index in [-0.39, 0.29) is 12.2 Å². The second-order valence-electron chi connectivity index (χ2n) is 5.74. The Hall–Kier alpha value is -3.61. The predicted octanol–water partition coefficient (Wildman–Crippen LogP) is 3.12. The molecule has 1 N–H and O–H groups in total. The molecule has 1 aromatic heterocycles. The molecule has 138 valence electrons. The molecule has 27 heavy (non-hydrogen) atoms. The number of esters is 2. The van der Waals surface area contributed by atoms with Crippen molar-refractivity contribution < 1.29 is 23.5 Å². The second-order valence-corrected chi connectivity index (χ2v) is 5.74. The maximum atomic E-state index is 12.5. The SMILES string of the molecule is CNc1ccccc1OC(=O)c1cc2cc(COC(C)=O)ccc2oc1=O. The Morgan fingerprint density at radius 1 is 1.11 bits per heavy atom. The molecule has 0 fully saturated rings. The van der Waals surface area contributed by atoms with Crippen LogP contribution in [-0.4, -0.2) is 19.0 Å². The average Bonchev–Trinajstić information content (AvgIpc) is 2.66. The molecule has 0 atom stereocenters. The molecular weight excluding hydrogens is 350 g/mol. The molecule has 0 unspecified atom stereocenters. The van der Waals surface area contributed by atoms with Crippen LogP contribution in [0.2, 0.25) is 0 Å². The van der Waals surface area contributed by atoms with Gasteiger partial charge >= 0.3 is 17.6 Å². The van der Waals surface area contributed by atoms with Crippen LogP contribution in [0.25, 0.3) is 11.0 Å². The number of carbonyl (C=O) groups excluding carboxylic acids is 2. The number of ether oxygens (including phenoxy) is 2. The van der Waals surface area contributed by atoms with E-state index in [0.717, 1.165) is 0 Å². The van der Waals surface area contributed by atoms with Gasteiger partial charge in [0.1, 0.15) is 17.8 Å². The first kappa shape index (κ1) is 18.2. The highest BCUT2D eigenvalue weighted by Gasteiger charge is 2.17. The third kappa shape index (κ3) is 4.14. The lowest BCUT2D eigenvalue weighted by molar-refractivity contribution is -0.142. The highest BCUT2D eigenvalue weighted by atomic mass is 16.5. The fourth-order valence-electron chi connectivity index (χ4n) is 2.51. The van der Waals surface area contributed by atoms with Crippen molar-refractivity contribution in [2.75, 3.05) is 12.4 Å². The molecule has 7 heteroatoms. The monoisotopic (exact) mass is 367 g/mol. The van der Waals surface area contributed by atoms with E-state index in [1.807, 2.05) is 0 Å². The number of para-hydroxylation sites is 2. The minimum atomic E-state index is -0.821. The van der Waals surface area contributed by atoms with Crippen molar-refractivity contribution >= 4 is 28.6 Å². The van der Waals surface area contributed by atoms with E-state index in [9.17, 15) is 14.4 Å². The van der Waals surface area contributed by atoms with Crippen LogP contribution in [-0.2, 0) is 16.1 Å². The van der Waals surface area contributed by atoms with Crippen molar-refractivity contribution in [2.45, 2.75) is 13.5 Å². The number of hydrogen-bond donors (Lipinski definition) is 1. The molecule has 0 aliphatic heterocycles. The third-order valence-electron chi connectivity index (χ3n) is 3.82. The topological polar surface area (TPSA) is 94.8 Å². The standard InChI is InChI=1S/C20H17NO6/c1-12(22)25-11-13-7-8-17-14(9-13)10-15(19(23)26-17)20(24)27-18-6-4-3-5-16(18)21-2/h3-10,21H,11H2,1-2H3. The summed E-state index contributed by atoms with van der Waals surface area (Å²) in [6.45, 7) is 1.40. The first-order chi connectivity index (χ1) is 13.0. The minimum absolute atomic E-state index is 0.0831. The lowest BCUT2D eigenvalue weighted by Crippen LogP contribution is -2.19. The number of benzene rings is 2. The van der Waals surface area contributed by atoms with Crippen LogP contribution in [0.3, 0.4) is 0 Å². The first-order valence-electron chi connectivity index (χ1n) is 8.17. The van der Waals surface area contributed by atoms with E-state index < -0.39 is 17.6 Å². The predicted molar refractivity (Wildman–Crippen MR) is 98.9 cm³/mol. The summed E-state index contributed by atoms with van der Waals surface area (Å²) in [5.41, 5.74) is 0.616. The summed E-state index contributed by atoms with van der Waals surface area (Å²) in [6, 6.07) is 13.2. The van der Waals surface area contributed by atoms with Gasteiger partial charge in [-0.1, -0.05) is 18.2 Å². The summed E-state index contributed by atoms with van der Waals surface area (Å²) >= 11 is 0. The van der Waals surface area contributed by atoms with Crippen LogP contribution in [0, 0.1) is 0 Å². The molecule has 1 heterocycles. The van der Waals surface area contributed by atoms with Crippen molar-refractivity contribution in [3.63, 3.8) is 0 Å². The van der Waals surface area contributed by atoms with Gasteiger partial charge in [0.2, 0.25) is 0 Å². The maximum Gasteiger partial charge on any atom is 0.351 e. The molecule has 3 rings (SSSR count). The van der Waals surface area contributed by atoms with Gasteiger partial charge in [0.05, 0.1) is 5.69 Å². The van der Waals surface area contributed by atoms with Gasteiger partial charge in [-0.15, -0.1) is 0 Å². The Bertz CT molecular complexity index is 1070. The second kappa shape index (κ2) is 7.74. The van der Waals surface area contributed by atoms with Crippen LogP contribution in [0.4, 0.5) is 5.69 Å². The fourth-order valence-corrected chi connectivity index (χ4v) is 2.51. The van der Waals surface area contributed by atoms with Gasteiger partial charge in [0, 0.05) is 19.4 Å². The summed E-state index contributed by atoms with van der Waals surface area (Å²) in [6.07, 6.45) is 0. The Labute approximate surface area is 154 Å². The highest BCUT2D eigenvalue weighted by Crippen LogP contribution is 2.24. The summed E-state index contributed by atoms with van der Waals surface area (Å²) < 4.78 is 15.5. The zero-order chi connectivity index (χ0) is 19.4. The van der Waals surface area contributed by atoms with Crippen molar-refractivity contribution in [1.82, 2.24) is 0 Å². The van der Waals surface area contributed by atoms with Crippen molar-refractivity contribution in [1.29, 1.82) is 0 Å². The fraction of sp³-hybridized carbons (Fsp3) is 0.150. The van der Waals surface area contributed by atoms with E-state index in [1.165, 1.54) is 13.0 Å². The molecule has 0 spiro atoms. The first-order valence-corrected chi connectivity index (χ1v) is 8.17. The maximum absolute atomic E-state index is 12.5. The summed E-state index contributed by atoms with van der Waals surface area (Å²) in [5.74, 6) is -0.922. The normalized spacial score (nSPS) is 10.4. The van der Waals surface area contributed by atoms with Gasteiger partial charge < -0.3 is 19.2 Å². The Morgan fingerprint density at radius 2 is 1.89 bits per heavy atom. The summed E-state index contributed by atoms with van der Waals surface area (Å²) in [5, 5.41) is 3.43. The Balaban J connectivity index is 1.93. The molecule has 0 radical (unpaired) electrons. The molecule has 0 aliphatic carbocycles. The largest absolute Gasteiger partial charge is 0.461 e. The smallest absolute Gasteiger partial charge is 0.351 e. The zero-order valence-corrected chi connectivity index (χ0v) is 14.8. The molecule has 0 aliphatic rings. The van der Waals surface area contributed by atoms with E-state index in [4.69, 9.17) is 13.9 Å². The molecule has 0 saturated heterocycles. The van der Waals surface area contributed by atoms with Gasteiger partial charge in [-0.2, -0.15) is 0 Å². The number of hydrogen-bond acceptors (Lipinski definition) is 7. The van der Waals surface area contributed by atoms with E-state index >= 15 is 0 Å². The Kier molecular flexibility index (Phi) is 5.21. The van der Waals surface area contributed by atoms with E-state index in [0.29, 0.717) is 28.0 Å². The highest BCUT2D eigenvalue weighted by molar-refractivity contribution is 5.94. The molecule has 3 aromatic rings. The van der Waals surface area contributed by atoms with Crippen LogP contribution in [0.15, 0.2) is 57.7 Å². The van der Waals surface area contributed by atoms with Gasteiger partial charge in [-0.25, -0.2) is 9.59 Å². The zero-order valence-electron chi connectivity index (χ0n) is 14.8. The lowest BCUT2D eigenvalue weighted by atomic mass is 10.1. The summed E-state index contributed by atoms with van der Waals surface area (Å²) in [4.78, 5) is 35.6. The number of anilines is 1. The number of rotatable bonds is 5. The Morgan fingerprint density at radius 3 is 2.63 bits per heavy atom. The van der Waals surface area contributed by atoms with Crippen molar-refractivity contribution in [3.05, 3.63) is 70.1 Å². The molecule has 0 amide bonds. The van der Waals surface area contributed by atoms with Crippen LogP contribution < -0.4 is 15.7 Å². The molecule has 0 saturated carbocycles. The van der Waals surface area contributed by atoms with Crippen LogP contribution in [0.5, 0.6) is 5.75 Å². The van der Waals surface area contributed by atoms with E-state index in [1.54, 1.807) is 49.5 Å². The number of fused-ring (bicyclic) bond motifs is 1. The number of nitrogens with one attached hydrogen (secondary N) is 1. The van der Waals surface area contributed by atoms with Crippen molar-refractivity contribution in [3.8, 4) is 5.75 Å². The summed E-state index contributed by atoms with van der Waals surface area (Å²) in [7, 11) is 1.70. The van der Waals surface area contributed by atoms with E-state index in [2.05, 4.69) is 5.32 Å².